The van der Waals surface area contributed by atoms with E-state index in [4.69, 9.17) is 4.74 Å². The summed E-state index contributed by atoms with van der Waals surface area (Å²) in [5, 5.41) is 1.93. The summed E-state index contributed by atoms with van der Waals surface area (Å²) < 4.78 is 85.9. The molecule has 0 bridgehead atoms. The predicted octanol–water partition coefficient (Wildman–Crippen LogP) is 7.07. The first kappa shape index (κ1) is 30.4. The van der Waals surface area contributed by atoms with Crippen LogP contribution in [0.5, 0.6) is 5.75 Å². The molecule has 0 spiro atoms. The van der Waals surface area contributed by atoms with Crippen LogP contribution in [0.2, 0.25) is 0 Å². The standard InChI is InChI=1S/C29H28F6N2O3S/c1-17(2)15-36(27(39)19-12-20(28(30,31)32)14-21(13-19)29(33,34)35)16-25(38)37-10-8-24-23(9-11-41-24)26(37)18-4-6-22(40-3)7-5-18/h4-7,9,11-14,17,26H,8,10,15-16H2,1-3H3. The van der Waals surface area contributed by atoms with Gasteiger partial charge in [-0.25, -0.2) is 0 Å². The Labute approximate surface area is 237 Å². The fraction of sp³-hybridized carbons (Fsp3) is 0.379. The number of benzene rings is 2. The van der Waals surface area contributed by atoms with Gasteiger partial charge in [0.15, 0.2) is 0 Å². The number of ether oxygens (including phenoxy) is 1. The van der Waals surface area contributed by atoms with Gasteiger partial charge in [0.1, 0.15) is 12.3 Å². The molecule has 0 fully saturated rings. The number of amides is 2. The molecule has 1 unspecified atom stereocenters. The molecule has 1 aliphatic heterocycles. The van der Waals surface area contributed by atoms with Crippen molar-refractivity contribution in [1.82, 2.24) is 9.80 Å². The van der Waals surface area contributed by atoms with E-state index in [0.29, 0.717) is 30.8 Å². The first-order valence-electron chi connectivity index (χ1n) is 12.8. The number of hydrogen-bond acceptors (Lipinski definition) is 4. The number of carbonyl (C=O) groups excluding carboxylic acids is 2. The summed E-state index contributed by atoms with van der Waals surface area (Å²) >= 11 is 1.57. The Morgan fingerprint density at radius 1 is 1.00 bits per heavy atom. The number of nitrogens with zero attached hydrogens (tertiary/aromatic N) is 2. The highest BCUT2D eigenvalue weighted by atomic mass is 32.1. The molecule has 0 saturated heterocycles. The number of rotatable bonds is 7. The second-order valence-corrected chi connectivity index (χ2v) is 11.2. The molecule has 12 heteroatoms. The Hall–Kier alpha value is -3.54. The predicted molar refractivity (Wildman–Crippen MR) is 142 cm³/mol. The van der Waals surface area contributed by atoms with E-state index in [9.17, 15) is 35.9 Å². The van der Waals surface area contributed by atoms with Crippen molar-refractivity contribution in [3.63, 3.8) is 0 Å². The van der Waals surface area contributed by atoms with E-state index in [1.54, 1.807) is 42.2 Å². The van der Waals surface area contributed by atoms with Crippen molar-refractivity contribution in [3.05, 3.63) is 86.6 Å². The minimum atomic E-state index is -5.10. The Bertz CT molecular complexity index is 1370. The molecule has 5 nitrogen and oxygen atoms in total. The minimum Gasteiger partial charge on any atom is -0.497 e. The van der Waals surface area contributed by atoms with Crippen LogP contribution in [0.25, 0.3) is 0 Å². The number of halogens is 6. The molecule has 2 heterocycles. The Kier molecular flexibility index (Phi) is 8.72. The lowest BCUT2D eigenvalue weighted by Crippen LogP contribution is -2.47. The van der Waals surface area contributed by atoms with Crippen LogP contribution in [0.15, 0.2) is 53.9 Å². The second kappa shape index (κ2) is 11.8. The van der Waals surface area contributed by atoms with E-state index in [2.05, 4.69) is 0 Å². The second-order valence-electron chi connectivity index (χ2n) is 10.2. The third-order valence-corrected chi connectivity index (χ3v) is 7.75. The third-order valence-electron chi connectivity index (χ3n) is 6.75. The molecule has 2 aromatic carbocycles. The number of hydrogen-bond donors (Lipinski definition) is 0. The zero-order chi connectivity index (χ0) is 30.1. The smallest absolute Gasteiger partial charge is 0.416 e. The average Bonchev–Trinajstić information content (AvgIpc) is 3.39. The molecule has 1 atom stereocenters. The third kappa shape index (κ3) is 6.86. The summed E-state index contributed by atoms with van der Waals surface area (Å²) in [6.07, 6.45) is -9.63. The van der Waals surface area contributed by atoms with Crippen molar-refractivity contribution in [2.24, 2.45) is 5.92 Å². The fourth-order valence-electron chi connectivity index (χ4n) is 4.91. The van der Waals surface area contributed by atoms with Gasteiger partial charge in [0, 0.05) is 23.5 Å². The summed E-state index contributed by atoms with van der Waals surface area (Å²) in [5.41, 5.74) is -2.24. The van der Waals surface area contributed by atoms with Gasteiger partial charge in [-0.2, -0.15) is 26.3 Å². The molecule has 4 rings (SSSR count). The van der Waals surface area contributed by atoms with Crippen molar-refractivity contribution >= 4 is 23.2 Å². The number of thiophene rings is 1. The van der Waals surface area contributed by atoms with E-state index in [-0.39, 0.29) is 18.5 Å². The molecule has 0 saturated carbocycles. The van der Waals surface area contributed by atoms with Crippen molar-refractivity contribution < 1.29 is 40.7 Å². The zero-order valence-electron chi connectivity index (χ0n) is 22.5. The maximum Gasteiger partial charge on any atom is 0.416 e. The van der Waals surface area contributed by atoms with Crippen molar-refractivity contribution in [1.29, 1.82) is 0 Å². The van der Waals surface area contributed by atoms with Gasteiger partial charge in [0.25, 0.3) is 5.91 Å². The highest BCUT2D eigenvalue weighted by Gasteiger charge is 2.39. The van der Waals surface area contributed by atoms with E-state index < -0.39 is 53.4 Å². The molecule has 1 aliphatic rings. The summed E-state index contributed by atoms with van der Waals surface area (Å²) in [7, 11) is 1.53. The molecule has 0 N–H and O–H groups in total. The van der Waals surface area contributed by atoms with E-state index in [1.165, 1.54) is 7.11 Å². The topological polar surface area (TPSA) is 49.9 Å². The lowest BCUT2D eigenvalue weighted by molar-refractivity contribution is -0.143. The van der Waals surface area contributed by atoms with Crippen molar-refractivity contribution in [2.75, 3.05) is 26.7 Å². The SMILES string of the molecule is COc1ccc(C2c3ccsc3CCN2C(=O)CN(CC(C)C)C(=O)c2cc(C(F)(F)F)cc(C(F)(F)F)c2)cc1. The van der Waals surface area contributed by atoms with Crippen LogP contribution in [0.3, 0.4) is 0 Å². The van der Waals surface area contributed by atoms with Gasteiger partial charge in [0.2, 0.25) is 5.91 Å². The first-order chi connectivity index (χ1) is 19.2. The van der Waals surface area contributed by atoms with Crippen molar-refractivity contribution in [2.45, 2.75) is 38.7 Å². The number of carbonyl (C=O) groups is 2. The summed E-state index contributed by atoms with van der Waals surface area (Å²) in [4.78, 5) is 30.9. The molecule has 1 aromatic heterocycles. The van der Waals surface area contributed by atoms with Gasteiger partial charge in [-0.15, -0.1) is 11.3 Å². The van der Waals surface area contributed by atoms with Gasteiger partial charge in [0.05, 0.1) is 24.3 Å². The molecular formula is C29H28F6N2O3S. The summed E-state index contributed by atoms with van der Waals surface area (Å²) in [6, 6.07) is 9.39. The van der Waals surface area contributed by atoms with Crippen LogP contribution in [-0.2, 0) is 23.6 Å². The summed E-state index contributed by atoms with van der Waals surface area (Å²) in [6.45, 7) is 3.23. The number of fused-ring (bicyclic) bond motifs is 1. The van der Waals surface area contributed by atoms with E-state index >= 15 is 0 Å². The minimum absolute atomic E-state index is 0.0274. The average molecular weight is 599 g/mol. The quantitative estimate of drug-likeness (QED) is 0.274. The lowest BCUT2D eigenvalue weighted by atomic mass is 9.93. The molecule has 220 valence electrons. The first-order valence-corrected chi connectivity index (χ1v) is 13.7. The Morgan fingerprint density at radius 3 is 2.15 bits per heavy atom. The monoisotopic (exact) mass is 598 g/mol. The maximum atomic E-state index is 13.8. The van der Waals surface area contributed by atoms with Crippen molar-refractivity contribution in [3.8, 4) is 5.75 Å². The lowest BCUT2D eigenvalue weighted by Gasteiger charge is -2.38. The Balaban J connectivity index is 1.68. The number of alkyl halides is 6. The largest absolute Gasteiger partial charge is 0.497 e. The van der Waals surface area contributed by atoms with Crippen LogP contribution in [0.1, 0.15) is 57.4 Å². The van der Waals surface area contributed by atoms with Gasteiger partial charge < -0.3 is 14.5 Å². The highest BCUT2D eigenvalue weighted by molar-refractivity contribution is 7.10. The van der Waals surface area contributed by atoms with E-state index in [0.717, 1.165) is 20.9 Å². The Morgan fingerprint density at radius 2 is 1.61 bits per heavy atom. The van der Waals surface area contributed by atoms with Gasteiger partial charge >= 0.3 is 12.4 Å². The molecular weight excluding hydrogens is 570 g/mol. The zero-order valence-corrected chi connectivity index (χ0v) is 23.3. The summed E-state index contributed by atoms with van der Waals surface area (Å²) in [5.74, 6) is -1.15. The fourth-order valence-corrected chi connectivity index (χ4v) is 5.81. The molecule has 41 heavy (non-hydrogen) atoms. The number of methoxy groups -OCH3 is 1. The van der Waals surface area contributed by atoms with Crippen LogP contribution in [0, 0.1) is 5.92 Å². The van der Waals surface area contributed by atoms with Crippen LogP contribution in [0.4, 0.5) is 26.3 Å². The molecule has 3 aromatic rings. The molecule has 0 aliphatic carbocycles. The molecule has 0 radical (unpaired) electrons. The van der Waals surface area contributed by atoms with Crippen LogP contribution in [-0.4, -0.2) is 48.4 Å². The van der Waals surface area contributed by atoms with E-state index in [1.807, 2.05) is 23.6 Å². The van der Waals surface area contributed by atoms with Gasteiger partial charge in [-0.05, 0) is 65.2 Å². The van der Waals surface area contributed by atoms with Crippen LogP contribution >= 0.6 is 11.3 Å². The van der Waals surface area contributed by atoms with Crippen LogP contribution < -0.4 is 4.74 Å². The molecule has 2 amide bonds. The maximum absolute atomic E-state index is 13.8. The van der Waals surface area contributed by atoms with Gasteiger partial charge in [-0.1, -0.05) is 26.0 Å². The van der Waals surface area contributed by atoms with Gasteiger partial charge in [-0.3, -0.25) is 9.59 Å². The highest BCUT2D eigenvalue weighted by Crippen LogP contribution is 2.39. The normalized spacial score (nSPS) is 15.6.